The molecule has 1 saturated heterocycles. The number of nitro groups is 1. The quantitative estimate of drug-likeness (QED) is 0.532. The predicted molar refractivity (Wildman–Crippen MR) is 91.5 cm³/mol. The first-order valence-electron chi connectivity index (χ1n) is 7.68. The normalized spacial score (nSPS) is 15.9. The molecule has 0 atom stereocenters. The Morgan fingerprint density at radius 1 is 1.21 bits per heavy atom. The molecule has 1 aliphatic rings. The molecule has 0 N–H and O–H groups in total. The number of hydrogen-bond donors (Lipinski definition) is 0. The van der Waals surface area contributed by atoms with Crippen molar-refractivity contribution in [3.05, 3.63) is 51.8 Å². The van der Waals surface area contributed by atoms with Gasteiger partial charge >= 0.3 is 5.82 Å². The first kappa shape index (κ1) is 15.0. The van der Waals surface area contributed by atoms with E-state index in [0.29, 0.717) is 10.8 Å². The highest BCUT2D eigenvalue weighted by Crippen LogP contribution is 2.31. The van der Waals surface area contributed by atoms with Gasteiger partial charge in [-0.3, -0.25) is 9.88 Å². The summed E-state index contributed by atoms with van der Waals surface area (Å²) in [6, 6.07) is 4.03. The van der Waals surface area contributed by atoms with Gasteiger partial charge in [0.05, 0.1) is 0 Å². The van der Waals surface area contributed by atoms with Crippen molar-refractivity contribution >= 4 is 27.9 Å². The second-order valence-corrected chi connectivity index (χ2v) is 6.56. The maximum Gasteiger partial charge on any atom is 0.373 e. The zero-order chi connectivity index (χ0) is 16.5. The summed E-state index contributed by atoms with van der Waals surface area (Å²) in [5.41, 5.74) is 1.23. The topological polar surface area (TPSA) is 79.8 Å². The van der Waals surface area contributed by atoms with Gasteiger partial charge in [0.25, 0.3) is 4.96 Å². The summed E-state index contributed by atoms with van der Waals surface area (Å²) in [6.45, 7) is 4.04. The number of rotatable bonds is 4. The first-order chi connectivity index (χ1) is 11.7. The van der Waals surface area contributed by atoms with Gasteiger partial charge in [-0.2, -0.15) is 9.38 Å². The lowest BCUT2D eigenvalue weighted by molar-refractivity contribution is -0.389. The van der Waals surface area contributed by atoms with Crippen molar-refractivity contribution in [2.45, 2.75) is 6.54 Å². The molecule has 0 unspecified atom stereocenters. The van der Waals surface area contributed by atoms with E-state index in [2.05, 4.69) is 14.9 Å². The van der Waals surface area contributed by atoms with Gasteiger partial charge in [0, 0.05) is 50.5 Å². The molecule has 0 saturated carbocycles. The van der Waals surface area contributed by atoms with Crippen molar-refractivity contribution in [2.75, 3.05) is 31.1 Å². The minimum atomic E-state index is -0.342. The number of pyridine rings is 1. The number of fused-ring (bicyclic) bond motifs is 1. The van der Waals surface area contributed by atoms with Gasteiger partial charge in [0.1, 0.15) is 6.20 Å². The van der Waals surface area contributed by atoms with Crippen LogP contribution in [0.4, 0.5) is 11.6 Å². The minimum absolute atomic E-state index is 0.0637. The van der Waals surface area contributed by atoms with Gasteiger partial charge in [-0.15, -0.1) is 0 Å². The number of aromatic nitrogens is 3. The lowest BCUT2D eigenvalue weighted by atomic mass is 10.2. The van der Waals surface area contributed by atoms with Crippen molar-refractivity contribution < 1.29 is 4.92 Å². The third-order valence-electron chi connectivity index (χ3n) is 4.22. The van der Waals surface area contributed by atoms with Crippen LogP contribution in [0.3, 0.4) is 0 Å². The molecule has 8 nitrogen and oxygen atoms in total. The molecule has 1 aliphatic heterocycles. The fourth-order valence-corrected chi connectivity index (χ4v) is 3.71. The Labute approximate surface area is 142 Å². The van der Waals surface area contributed by atoms with Crippen LogP contribution in [-0.4, -0.2) is 50.4 Å². The van der Waals surface area contributed by atoms with Crippen molar-refractivity contribution in [3.8, 4) is 0 Å². The van der Waals surface area contributed by atoms with E-state index in [0.717, 1.165) is 32.7 Å². The lowest BCUT2D eigenvalue weighted by Gasteiger charge is -2.34. The van der Waals surface area contributed by atoms with Crippen LogP contribution in [0.1, 0.15) is 5.56 Å². The van der Waals surface area contributed by atoms with Crippen LogP contribution in [0.25, 0.3) is 4.96 Å². The molecule has 0 amide bonds. The number of thiazole rings is 1. The zero-order valence-electron chi connectivity index (χ0n) is 12.9. The Morgan fingerprint density at radius 2 is 1.96 bits per heavy atom. The highest BCUT2D eigenvalue weighted by atomic mass is 32.1. The Hall–Kier alpha value is -2.52. The van der Waals surface area contributed by atoms with E-state index in [9.17, 15) is 10.1 Å². The summed E-state index contributed by atoms with van der Waals surface area (Å²) in [5.74, 6) is 0.546. The first-order valence-corrected chi connectivity index (χ1v) is 8.56. The number of hydrogen-bond acceptors (Lipinski definition) is 7. The number of imidazole rings is 1. The van der Waals surface area contributed by atoms with Gasteiger partial charge in [-0.25, -0.2) is 0 Å². The van der Waals surface area contributed by atoms with E-state index >= 15 is 0 Å². The highest BCUT2D eigenvalue weighted by Gasteiger charge is 2.29. The molecule has 4 heterocycles. The van der Waals surface area contributed by atoms with E-state index in [1.807, 2.05) is 22.4 Å². The summed E-state index contributed by atoms with van der Waals surface area (Å²) in [7, 11) is 0. The molecule has 0 aromatic carbocycles. The Bertz CT molecular complexity index is 853. The molecule has 3 aromatic heterocycles. The predicted octanol–water partition coefficient (Wildman–Crippen LogP) is 2.02. The molecule has 0 bridgehead atoms. The van der Waals surface area contributed by atoms with Crippen LogP contribution >= 0.6 is 11.3 Å². The van der Waals surface area contributed by atoms with Crippen LogP contribution in [0.15, 0.2) is 36.1 Å². The Kier molecular flexibility index (Phi) is 3.87. The molecular weight excluding hydrogens is 328 g/mol. The summed E-state index contributed by atoms with van der Waals surface area (Å²) in [4.78, 5) is 24.6. The average Bonchev–Trinajstić information content (AvgIpc) is 3.17. The summed E-state index contributed by atoms with van der Waals surface area (Å²) in [5, 5.41) is 13.3. The van der Waals surface area contributed by atoms with Gasteiger partial charge < -0.3 is 15.0 Å². The van der Waals surface area contributed by atoms with E-state index in [1.165, 1.54) is 16.9 Å². The number of piperazine rings is 1. The average molecular weight is 344 g/mol. The highest BCUT2D eigenvalue weighted by molar-refractivity contribution is 7.15. The number of anilines is 1. The van der Waals surface area contributed by atoms with Crippen LogP contribution in [0, 0.1) is 10.1 Å². The van der Waals surface area contributed by atoms with Crippen LogP contribution < -0.4 is 4.90 Å². The van der Waals surface area contributed by atoms with Crippen molar-refractivity contribution in [2.24, 2.45) is 0 Å². The van der Waals surface area contributed by atoms with Gasteiger partial charge in [-0.05, 0) is 22.6 Å². The summed E-state index contributed by atoms with van der Waals surface area (Å²) in [6.07, 6.45) is 5.30. The van der Waals surface area contributed by atoms with Gasteiger partial charge in [-0.1, -0.05) is 11.3 Å². The Balaban J connectivity index is 1.49. The van der Waals surface area contributed by atoms with E-state index < -0.39 is 0 Å². The largest absolute Gasteiger partial charge is 0.373 e. The zero-order valence-corrected chi connectivity index (χ0v) is 13.7. The fraction of sp³-hybridized carbons (Fsp3) is 0.333. The van der Waals surface area contributed by atoms with E-state index in [1.54, 1.807) is 23.0 Å². The van der Waals surface area contributed by atoms with E-state index in [4.69, 9.17) is 0 Å². The molecule has 4 rings (SSSR count). The molecule has 9 heteroatoms. The smallest absolute Gasteiger partial charge is 0.358 e. The Morgan fingerprint density at radius 3 is 2.67 bits per heavy atom. The second-order valence-electron chi connectivity index (χ2n) is 5.69. The molecule has 124 valence electrons. The fourth-order valence-electron chi connectivity index (χ4n) is 3.01. The number of nitrogens with zero attached hydrogens (tertiary/aromatic N) is 6. The van der Waals surface area contributed by atoms with Crippen molar-refractivity contribution in [1.82, 2.24) is 19.3 Å². The van der Waals surface area contributed by atoms with Crippen LogP contribution in [-0.2, 0) is 6.54 Å². The maximum absolute atomic E-state index is 11.4. The molecule has 3 aromatic rings. The molecule has 1 fully saturated rings. The third kappa shape index (κ3) is 2.72. The van der Waals surface area contributed by atoms with Gasteiger partial charge in [0.2, 0.25) is 5.82 Å². The third-order valence-corrected chi connectivity index (χ3v) is 4.98. The summed E-state index contributed by atoms with van der Waals surface area (Å²) >= 11 is 1.41. The minimum Gasteiger partial charge on any atom is -0.358 e. The van der Waals surface area contributed by atoms with Crippen LogP contribution in [0.2, 0.25) is 0 Å². The molecule has 0 spiro atoms. The molecule has 0 aliphatic carbocycles. The summed E-state index contributed by atoms with van der Waals surface area (Å²) < 4.78 is 1.56. The second kappa shape index (κ2) is 6.17. The lowest BCUT2D eigenvalue weighted by Crippen LogP contribution is -2.46. The van der Waals surface area contributed by atoms with Crippen molar-refractivity contribution in [3.63, 3.8) is 0 Å². The van der Waals surface area contributed by atoms with Crippen molar-refractivity contribution in [1.29, 1.82) is 0 Å². The SMILES string of the molecule is O=[N+]([O-])c1c(N2CCN(Cc3ccncc3)CC2)nc2sccn12. The standard InChI is InChI=1S/C15H16N6O2S/c22-21(23)14-13(17-15-20(14)9-10-24-15)19-7-5-18(6-8-19)11-12-1-3-16-4-2-12/h1-4,9-10H,5-8,11H2. The monoisotopic (exact) mass is 344 g/mol. The van der Waals surface area contributed by atoms with E-state index in [-0.39, 0.29) is 10.7 Å². The van der Waals surface area contributed by atoms with Crippen LogP contribution in [0.5, 0.6) is 0 Å². The van der Waals surface area contributed by atoms with Gasteiger partial charge in [0.15, 0.2) is 0 Å². The molecule has 0 radical (unpaired) electrons. The molecule has 24 heavy (non-hydrogen) atoms. The molecular formula is C15H16N6O2S. The maximum atomic E-state index is 11.4.